The Morgan fingerprint density at radius 1 is 1.27 bits per heavy atom. The Morgan fingerprint density at radius 3 is 2.73 bits per heavy atom. The summed E-state index contributed by atoms with van der Waals surface area (Å²) in [6, 6.07) is 12.3. The molecule has 1 aromatic heterocycles. The van der Waals surface area contributed by atoms with Crippen molar-refractivity contribution in [2.24, 2.45) is 18.4 Å². The third-order valence-corrected chi connectivity index (χ3v) is 5.63. The SMILES string of the molecule is CC[C@]12C[C@H]1CN(C(=O)c1cc(-c3ccccc3)cn1C)C2. The van der Waals surface area contributed by atoms with Crippen molar-refractivity contribution in [3.05, 3.63) is 48.3 Å². The summed E-state index contributed by atoms with van der Waals surface area (Å²) in [6.07, 6.45) is 4.56. The number of piperidine rings is 1. The van der Waals surface area contributed by atoms with Gasteiger partial charge in [0.1, 0.15) is 5.69 Å². The van der Waals surface area contributed by atoms with E-state index in [-0.39, 0.29) is 5.91 Å². The molecule has 1 aliphatic heterocycles. The monoisotopic (exact) mass is 294 g/mol. The van der Waals surface area contributed by atoms with E-state index in [1.54, 1.807) is 0 Å². The Kier molecular flexibility index (Phi) is 2.93. The van der Waals surface area contributed by atoms with Gasteiger partial charge in [0.05, 0.1) is 0 Å². The van der Waals surface area contributed by atoms with Gasteiger partial charge in [0.15, 0.2) is 0 Å². The molecule has 3 heteroatoms. The first kappa shape index (κ1) is 13.6. The molecule has 1 saturated heterocycles. The maximum atomic E-state index is 12.8. The van der Waals surface area contributed by atoms with Crippen molar-refractivity contribution in [3.8, 4) is 11.1 Å². The van der Waals surface area contributed by atoms with Crippen LogP contribution < -0.4 is 0 Å². The van der Waals surface area contributed by atoms with Gasteiger partial charge in [-0.3, -0.25) is 4.79 Å². The summed E-state index contributed by atoms with van der Waals surface area (Å²) in [5.74, 6) is 0.931. The molecule has 1 aromatic carbocycles. The molecule has 2 atom stereocenters. The number of nitrogens with zero attached hydrogens (tertiary/aromatic N) is 2. The molecule has 22 heavy (non-hydrogen) atoms. The molecular formula is C19H22N2O. The van der Waals surface area contributed by atoms with E-state index >= 15 is 0 Å². The van der Waals surface area contributed by atoms with Crippen molar-refractivity contribution in [1.29, 1.82) is 0 Å². The lowest BCUT2D eigenvalue weighted by molar-refractivity contribution is 0.0754. The molecule has 1 saturated carbocycles. The van der Waals surface area contributed by atoms with E-state index in [0.717, 1.165) is 35.8 Å². The number of likely N-dealkylation sites (tertiary alicyclic amines) is 1. The number of amides is 1. The van der Waals surface area contributed by atoms with Gasteiger partial charge in [0, 0.05) is 31.9 Å². The lowest BCUT2D eigenvalue weighted by Gasteiger charge is -2.20. The van der Waals surface area contributed by atoms with Gasteiger partial charge in [-0.25, -0.2) is 0 Å². The second kappa shape index (κ2) is 4.73. The number of benzene rings is 1. The number of aromatic nitrogens is 1. The Labute approximate surface area is 131 Å². The molecular weight excluding hydrogens is 272 g/mol. The number of aryl methyl sites for hydroxylation is 1. The molecule has 114 valence electrons. The fourth-order valence-corrected chi connectivity index (χ4v) is 4.02. The molecule has 0 spiro atoms. The lowest BCUT2D eigenvalue weighted by Crippen LogP contribution is -2.32. The van der Waals surface area contributed by atoms with Gasteiger partial charge in [-0.2, -0.15) is 0 Å². The minimum Gasteiger partial charge on any atom is -0.346 e. The minimum absolute atomic E-state index is 0.185. The highest BCUT2D eigenvalue weighted by atomic mass is 16.2. The van der Waals surface area contributed by atoms with Crippen molar-refractivity contribution in [3.63, 3.8) is 0 Å². The summed E-state index contributed by atoms with van der Waals surface area (Å²) < 4.78 is 1.97. The number of hydrogen-bond donors (Lipinski definition) is 0. The summed E-state index contributed by atoms with van der Waals surface area (Å²) in [4.78, 5) is 14.9. The van der Waals surface area contributed by atoms with Crippen molar-refractivity contribution in [2.45, 2.75) is 19.8 Å². The Bertz CT molecular complexity index is 714. The second-order valence-electron chi connectivity index (χ2n) is 6.89. The molecule has 3 nitrogen and oxygen atoms in total. The van der Waals surface area contributed by atoms with Crippen LogP contribution in [0.5, 0.6) is 0 Å². The summed E-state index contributed by atoms with van der Waals surface area (Å²) in [6.45, 7) is 4.14. The van der Waals surface area contributed by atoms with Gasteiger partial charge >= 0.3 is 0 Å². The number of rotatable bonds is 3. The van der Waals surface area contributed by atoms with E-state index in [9.17, 15) is 4.79 Å². The van der Waals surface area contributed by atoms with Crippen LogP contribution in [0.15, 0.2) is 42.6 Å². The summed E-state index contributed by atoms with van der Waals surface area (Å²) in [5, 5.41) is 0. The van der Waals surface area contributed by atoms with Crippen LogP contribution in [-0.4, -0.2) is 28.5 Å². The molecule has 1 amide bonds. The highest BCUT2D eigenvalue weighted by Gasteiger charge is 2.59. The van der Waals surface area contributed by atoms with Gasteiger partial charge in [0.25, 0.3) is 5.91 Å². The van der Waals surface area contributed by atoms with Crippen molar-refractivity contribution >= 4 is 5.91 Å². The van der Waals surface area contributed by atoms with Gasteiger partial charge in [-0.1, -0.05) is 37.3 Å². The maximum Gasteiger partial charge on any atom is 0.270 e. The zero-order chi connectivity index (χ0) is 15.3. The summed E-state index contributed by atoms with van der Waals surface area (Å²) in [7, 11) is 1.96. The van der Waals surface area contributed by atoms with E-state index in [1.807, 2.05) is 35.9 Å². The molecule has 1 aliphatic carbocycles. The van der Waals surface area contributed by atoms with Crippen LogP contribution in [0.4, 0.5) is 0 Å². The van der Waals surface area contributed by atoms with E-state index in [4.69, 9.17) is 0 Å². The molecule has 2 aliphatic rings. The molecule has 0 N–H and O–H groups in total. The number of carbonyl (C=O) groups excluding carboxylic acids is 1. The Morgan fingerprint density at radius 2 is 2.05 bits per heavy atom. The zero-order valence-corrected chi connectivity index (χ0v) is 13.2. The molecule has 2 heterocycles. The highest BCUT2D eigenvalue weighted by molar-refractivity contribution is 5.94. The first-order chi connectivity index (χ1) is 10.6. The average Bonchev–Trinajstić information content (AvgIpc) is 2.91. The Hall–Kier alpha value is -2.03. The third-order valence-electron chi connectivity index (χ3n) is 5.63. The van der Waals surface area contributed by atoms with E-state index in [1.165, 1.54) is 12.8 Å². The first-order valence-corrected chi connectivity index (χ1v) is 8.14. The predicted molar refractivity (Wildman–Crippen MR) is 87.6 cm³/mol. The van der Waals surface area contributed by atoms with Crippen LogP contribution in [0.25, 0.3) is 11.1 Å². The molecule has 0 bridgehead atoms. The van der Waals surface area contributed by atoms with Crippen LogP contribution in [0.1, 0.15) is 30.3 Å². The standard InChI is InChI=1S/C19H22N2O/c1-3-19-10-16(19)12-21(13-19)18(22)17-9-15(11-20(17)2)14-7-5-4-6-8-14/h4-9,11,16H,3,10,12-13H2,1-2H3/t16-,19+/m0/s1. The fourth-order valence-electron chi connectivity index (χ4n) is 4.02. The van der Waals surface area contributed by atoms with E-state index < -0.39 is 0 Å². The summed E-state index contributed by atoms with van der Waals surface area (Å²) >= 11 is 0. The molecule has 4 rings (SSSR count). The quantitative estimate of drug-likeness (QED) is 0.849. The van der Waals surface area contributed by atoms with Crippen LogP contribution in [0.3, 0.4) is 0 Å². The molecule has 0 radical (unpaired) electrons. The topological polar surface area (TPSA) is 25.2 Å². The minimum atomic E-state index is 0.185. The molecule has 0 unspecified atom stereocenters. The second-order valence-corrected chi connectivity index (χ2v) is 6.89. The van der Waals surface area contributed by atoms with Crippen molar-refractivity contribution in [2.75, 3.05) is 13.1 Å². The number of carbonyl (C=O) groups is 1. The van der Waals surface area contributed by atoms with Gasteiger partial charge in [-0.05, 0) is 35.8 Å². The van der Waals surface area contributed by atoms with Crippen LogP contribution in [0.2, 0.25) is 0 Å². The smallest absolute Gasteiger partial charge is 0.270 e. The van der Waals surface area contributed by atoms with Crippen LogP contribution >= 0.6 is 0 Å². The normalized spacial score (nSPS) is 26.1. The van der Waals surface area contributed by atoms with E-state index in [0.29, 0.717) is 5.41 Å². The average molecular weight is 294 g/mol. The van der Waals surface area contributed by atoms with Gasteiger partial charge in [-0.15, -0.1) is 0 Å². The zero-order valence-electron chi connectivity index (χ0n) is 13.2. The molecule has 2 aromatic rings. The van der Waals surface area contributed by atoms with Gasteiger partial charge < -0.3 is 9.47 Å². The number of fused-ring (bicyclic) bond motifs is 1. The largest absolute Gasteiger partial charge is 0.346 e. The summed E-state index contributed by atoms with van der Waals surface area (Å²) in [5.41, 5.74) is 3.52. The van der Waals surface area contributed by atoms with Crippen molar-refractivity contribution in [1.82, 2.24) is 9.47 Å². The van der Waals surface area contributed by atoms with Crippen LogP contribution in [-0.2, 0) is 7.05 Å². The van der Waals surface area contributed by atoms with E-state index in [2.05, 4.69) is 30.2 Å². The molecule has 2 fully saturated rings. The third kappa shape index (κ3) is 1.99. The number of hydrogen-bond acceptors (Lipinski definition) is 1. The maximum absolute atomic E-state index is 12.8. The first-order valence-electron chi connectivity index (χ1n) is 8.14. The Balaban J connectivity index is 1.58. The fraction of sp³-hybridized carbons (Fsp3) is 0.421. The van der Waals surface area contributed by atoms with Crippen LogP contribution in [0, 0.1) is 11.3 Å². The predicted octanol–water partition coefficient (Wildman–Crippen LogP) is 3.56. The lowest BCUT2D eigenvalue weighted by atomic mass is 10.0. The van der Waals surface area contributed by atoms with Gasteiger partial charge in [0.2, 0.25) is 0 Å². The highest BCUT2D eigenvalue weighted by Crippen LogP contribution is 2.60. The van der Waals surface area contributed by atoms with Crippen molar-refractivity contribution < 1.29 is 4.79 Å².